The Balaban J connectivity index is 1.73. The molecule has 136 valence electrons. The number of amides is 1. The van der Waals surface area contributed by atoms with Crippen LogP contribution < -0.4 is 0 Å². The predicted octanol–water partition coefficient (Wildman–Crippen LogP) is 4.82. The average Bonchev–Trinajstić information content (AvgIpc) is 3.15. The van der Waals surface area contributed by atoms with Crippen molar-refractivity contribution < 1.29 is 4.79 Å². The van der Waals surface area contributed by atoms with Crippen molar-refractivity contribution in [1.29, 1.82) is 0 Å². The Hall–Kier alpha value is -2.14. The van der Waals surface area contributed by atoms with E-state index < -0.39 is 0 Å². The molecule has 26 heavy (non-hydrogen) atoms. The van der Waals surface area contributed by atoms with E-state index in [2.05, 4.69) is 32.9 Å². The van der Waals surface area contributed by atoms with Crippen molar-refractivity contribution in [3.05, 3.63) is 46.5 Å². The van der Waals surface area contributed by atoms with Gasteiger partial charge in [0.1, 0.15) is 4.83 Å². The van der Waals surface area contributed by atoms with Gasteiger partial charge in [0.15, 0.2) is 0 Å². The zero-order chi connectivity index (χ0) is 18.4. The first-order valence-corrected chi connectivity index (χ1v) is 10.1. The zero-order valence-electron chi connectivity index (χ0n) is 15.8. The number of hydrogen-bond donors (Lipinski definition) is 0. The van der Waals surface area contributed by atoms with E-state index in [9.17, 15) is 4.79 Å². The lowest BCUT2D eigenvalue weighted by Gasteiger charge is -2.34. The third-order valence-corrected chi connectivity index (χ3v) is 6.35. The second-order valence-electron chi connectivity index (χ2n) is 7.77. The van der Waals surface area contributed by atoms with Crippen molar-refractivity contribution in [1.82, 2.24) is 14.7 Å². The topological polar surface area (TPSA) is 38.1 Å². The Morgan fingerprint density at radius 3 is 2.54 bits per heavy atom. The van der Waals surface area contributed by atoms with Gasteiger partial charge in [0.05, 0.1) is 16.3 Å². The van der Waals surface area contributed by atoms with Crippen molar-refractivity contribution in [2.75, 3.05) is 13.1 Å². The minimum atomic E-state index is 0.167. The predicted molar refractivity (Wildman–Crippen MR) is 107 cm³/mol. The highest BCUT2D eigenvalue weighted by Gasteiger charge is 2.28. The largest absolute Gasteiger partial charge is 0.337 e. The van der Waals surface area contributed by atoms with Gasteiger partial charge in [0.25, 0.3) is 5.91 Å². The summed E-state index contributed by atoms with van der Waals surface area (Å²) in [5.41, 5.74) is 3.22. The molecular weight excluding hydrogens is 342 g/mol. The van der Waals surface area contributed by atoms with Crippen LogP contribution in [-0.4, -0.2) is 33.7 Å². The van der Waals surface area contributed by atoms with E-state index in [4.69, 9.17) is 5.10 Å². The van der Waals surface area contributed by atoms with Crippen LogP contribution in [0.3, 0.4) is 0 Å². The molecule has 5 heteroatoms. The molecule has 1 fully saturated rings. The molecule has 1 amide bonds. The molecule has 1 aliphatic rings. The Labute approximate surface area is 158 Å². The first-order chi connectivity index (χ1) is 12.4. The van der Waals surface area contributed by atoms with Crippen molar-refractivity contribution in [3.8, 4) is 5.69 Å². The van der Waals surface area contributed by atoms with Crippen LogP contribution in [0.1, 0.15) is 41.2 Å². The van der Waals surface area contributed by atoms with Gasteiger partial charge in [0.2, 0.25) is 0 Å². The minimum Gasteiger partial charge on any atom is -0.337 e. The fraction of sp³-hybridized carbons (Fsp3) is 0.429. The number of hydrogen-bond acceptors (Lipinski definition) is 3. The number of rotatable bonds is 2. The van der Waals surface area contributed by atoms with Crippen molar-refractivity contribution >= 4 is 27.5 Å². The summed E-state index contributed by atoms with van der Waals surface area (Å²) in [6.07, 6.45) is 1.21. The molecule has 2 aromatic heterocycles. The van der Waals surface area contributed by atoms with Gasteiger partial charge in [-0.2, -0.15) is 5.10 Å². The summed E-state index contributed by atoms with van der Waals surface area (Å²) in [6, 6.07) is 10.3. The third-order valence-electron chi connectivity index (χ3n) is 5.26. The van der Waals surface area contributed by atoms with E-state index in [0.29, 0.717) is 11.8 Å². The molecule has 0 radical (unpaired) electrons. The molecular formula is C21H25N3OS. The minimum absolute atomic E-state index is 0.167. The van der Waals surface area contributed by atoms with Gasteiger partial charge in [-0.1, -0.05) is 32.0 Å². The van der Waals surface area contributed by atoms with Gasteiger partial charge in [-0.3, -0.25) is 4.79 Å². The molecule has 1 saturated heterocycles. The first-order valence-electron chi connectivity index (χ1n) is 9.28. The molecule has 0 aliphatic carbocycles. The van der Waals surface area contributed by atoms with Crippen molar-refractivity contribution in [3.63, 3.8) is 0 Å². The highest BCUT2D eigenvalue weighted by Crippen LogP contribution is 2.33. The number of thiophene rings is 1. The number of nitrogens with zero attached hydrogens (tertiary/aromatic N) is 3. The van der Waals surface area contributed by atoms with Gasteiger partial charge in [-0.05, 0) is 49.8 Å². The monoisotopic (exact) mass is 367 g/mol. The molecule has 2 atom stereocenters. The van der Waals surface area contributed by atoms with E-state index in [1.807, 2.05) is 34.7 Å². The average molecular weight is 368 g/mol. The van der Waals surface area contributed by atoms with E-state index in [-0.39, 0.29) is 5.91 Å². The Morgan fingerprint density at radius 2 is 1.85 bits per heavy atom. The molecule has 3 heterocycles. The van der Waals surface area contributed by atoms with Gasteiger partial charge in [-0.15, -0.1) is 11.3 Å². The third kappa shape index (κ3) is 2.94. The molecule has 0 saturated carbocycles. The number of aromatic nitrogens is 2. The fourth-order valence-electron chi connectivity index (χ4n) is 4.10. The van der Waals surface area contributed by atoms with Crippen LogP contribution >= 0.6 is 11.3 Å². The summed E-state index contributed by atoms with van der Waals surface area (Å²) in [6.45, 7) is 10.3. The van der Waals surface area contributed by atoms with Crippen LogP contribution in [0.4, 0.5) is 0 Å². The van der Waals surface area contributed by atoms with Crippen LogP contribution in [0.15, 0.2) is 30.3 Å². The fourth-order valence-corrected chi connectivity index (χ4v) is 5.25. The number of fused-ring (bicyclic) bond motifs is 1. The van der Waals surface area contributed by atoms with Gasteiger partial charge < -0.3 is 4.90 Å². The lowest BCUT2D eigenvalue weighted by atomic mass is 9.92. The zero-order valence-corrected chi connectivity index (χ0v) is 16.6. The molecule has 1 aliphatic heterocycles. The molecule has 4 nitrogen and oxygen atoms in total. The lowest BCUT2D eigenvalue weighted by Crippen LogP contribution is -2.42. The Bertz CT molecular complexity index is 961. The number of likely N-dealkylation sites (tertiary alicyclic amines) is 1. The smallest absolute Gasteiger partial charge is 0.264 e. The molecule has 1 aromatic carbocycles. The molecule has 4 rings (SSSR count). The Morgan fingerprint density at radius 1 is 1.15 bits per heavy atom. The van der Waals surface area contributed by atoms with Crippen molar-refractivity contribution in [2.24, 2.45) is 11.8 Å². The van der Waals surface area contributed by atoms with E-state index >= 15 is 0 Å². The second-order valence-corrected chi connectivity index (χ2v) is 8.80. The van der Waals surface area contributed by atoms with Crippen LogP contribution in [-0.2, 0) is 0 Å². The van der Waals surface area contributed by atoms with E-state index in [1.54, 1.807) is 11.3 Å². The summed E-state index contributed by atoms with van der Waals surface area (Å²) < 4.78 is 1.99. The van der Waals surface area contributed by atoms with Gasteiger partial charge in [-0.25, -0.2) is 4.68 Å². The standard InChI is InChI=1S/C21H25N3OS/c1-13-9-14(2)12-23(11-13)20(25)19-10-17-16(4)22-24(21(17)26-19)18-8-6-5-7-15(18)3/h5-8,10,13-14H,9,11-12H2,1-4H3/t13-,14-/m1/s1. The number of para-hydroxylation sites is 1. The van der Waals surface area contributed by atoms with Crippen LogP contribution in [0.2, 0.25) is 0 Å². The van der Waals surface area contributed by atoms with E-state index in [1.165, 1.54) is 12.0 Å². The van der Waals surface area contributed by atoms with Gasteiger partial charge in [0, 0.05) is 18.5 Å². The number of carbonyl (C=O) groups excluding carboxylic acids is 1. The maximum atomic E-state index is 13.1. The lowest BCUT2D eigenvalue weighted by molar-refractivity contribution is 0.0628. The maximum absolute atomic E-state index is 13.1. The quantitative estimate of drug-likeness (QED) is 0.651. The number of carbonyl (C=O) groups is 1. The Kier molecular flexibility index (Phi) is 4.35. The van der Waals surface area contributed by atoms with Gasteiger partial charge >= 0.3 is 0 Å². The maximum Gasteiger partial charge on any atom is 0.264 e. The molecule has 0 spiro atoms. The first kappa shape index (κ1) is 17.3. The number of piperidine rings is 1. The number of benzene rings is 1. The van der Waals surface area contributed by atoms with Crippen LogP contribution in [0.5, 0.6) is 0 Å². The van der Waals surface area contributed by atoms with Crippen LogP contribution in [0.25, 0.3) is 15.9 Å². The van der Waals surface area contributed by atoms with E-state index in [0.717, 1.165) is 39.6 Å². The van der Waals surface area contributed by atoms with Crippen LogP contribution in [0, 0.1) is 25.7 Å². The molecule has 0 unspecified atom stereocenters. The molecule has 3 aromatic rings. The highest BCUT2D eigenvalue weighted by molar-refractivity contribution is 7.20. The van der Waals surface area contributed by atoms with Crippen molar-refractivity contribution in [2.45, 2.75) is 34.1 Å². The summed E-state index contributed by atoms with van der Waals surface area (Å²) >= 11 is 1.56. The summed E-state index contributed by atoms with van der Waals surface area (Å²) in [7, 11) is 0. The highest BCUT2D eigenvalue weighted by atomic mass is 32.1. The summed E-state index contributed by atoms with van der Waals surface area (Å²) in [5.74, 6) is 1.31. The summed E-state index contributed by atoms with van der Waals surface area (Å²) in [4.78, 5) is 17.0. The summed E-state index contributed by atoms with van der Waals surface area (Å²) in [5, 5.41) is 5.80. The normalized spacial score (nSPS) is 20.7. The molecule has 0 bridgehead atoms. The number of aryl methyl sites for hydroxylation is 2. The second kappa shape index (κ2) is 6.54. The molecule has 0 N–H and O–H groups in total. The SMILES string of the molecule is Cc1ccccc1-n1nc(C)c2cc(C(=O)N3C[C@H](C)C[C@@H](C)C3)sc21.